The summed E-state index contributed by atoms with van der Waals surface area (Å²) < 4.78 is 0. The van der Waals surface area contributed by atoms with E-state index in [4.69, 9.17) is 10.2 Å². The number of allylic oxidation sites excluding steroid dienone is 2. The fourth-order valence-corrected chi connectivity index (χ4v) is 0.238. The molecule has 4 nitrogen and oxygen atoms in total. The summed E-state index contributed by atoms with van der Waals surface area (Å²) in [7, 11) is 0. The van der Waals surface area contributed by atoms with Gasteiger partial charge in [-0.3, -0.25) is 0 Å². The van der Waals surface area contributed by atoms with Crippen LogP contribution in [0.15, 0.2) is 49.6 Å². The molecule has 0 heterocycles. The molecule has 0 aliphatic heterocycles. The standard InChI is InChI=1S/2C5H6O2/c1-3-4(2)5(6)7;1-2-3-4-5(6)7/h3H,1-2H2,(H,6,7);2-4H,1H2,(H,6,7)/b;4-3+. The summed E-state index contributed by atoms with van der Waals surface area (Å²) >= 11 is 0. The Bertz CT molecular complexity index is 274. The summed E-state index contributed by atoms with van der Waals surface area (Å²) in [4.78, 5) is 19.4. The van der Waals surface area contributed by atoms with Crippen LogP contribution in [0.1, 0.15) is 0 Å². The van der Waals surface area contributed by atoms with Crippen molar-refractivity contribution in [2.75, 3.05) is 0 Å². The van der Waals surface area contributed by atoms with Crippen LogP contribution < -0.4 is 0 Å². The van der Waals surface area contributed by atoms with Gasteiger partial charge in [0.05, 0.1) is 5.57 Å². The normalized spacial score (nSPS) is 8.29. The van der Waals surface area contributed by atoms with Gasteiger partial charge in [-0.1, -0.05) is 38.0 Å². The van der Waals surface area contributed by atoms with Crippen LogP contribution in [0.3, 0.4) is 0 Å². The molecule has 0 aromatic heterocycles. The second-order valence-corrected chi connectivity index (χ2v) is 1.97. The van der Waals surface area contributed by atoms with Crippen LogP contribution in [0.25, 0.3) is 0 Å². The Morgan fingerprint density at radius 2 is 1.64 bits per heavy atom. The molecule has 0 radical (unpaired) electrons. The number of rotatable bonds is 4. The van der Waals surface area contributed by atoms with Gasteiger partial charge in [0.15, 0.2) is 0 Å². The SMILES string of the molecule is C=C/C=C/C(=O)O.C=CC(=C)C(=O)O. The fraction of sp³-hybridized carbons (Fsp3) is 0. The predicted molar refractivity (Wildman–Crippen MR) is 53.9 cm³/mol. The smallest absolute Gasteiger partial charge is 0.335 e. The van der Waals surface area contributed by atoms with Crippen molar-refractivity contribution in [2.45, 2.75) is 0 Å². The van der Waals surface area contributed by atoms with Crippen molar-refractivity contribution in [3.8, 4) is 0 Å². The zero-order chi connectivity index (χ0) is 11.6. The molecule has 0 fully saturated rings. The van der Waals surface area contributed by atoms with Gasteiger partial charge in [-0.2, -0.15) is 0 Å². The molecule has 2 N–H and O–H groups in total. The minimum absolute atomic E-state index is 0.0278. The average molecular weight is 196 g/mol. The first kappa shape index (κ1) is 14.4. The summed E-state index contributed by atoms with van der Waals surface area (Å²) in [6, 6.07) is 0. The monoisotopic (exact) mass is 196 g/mol. The van der Waals surface area contributed by atoms with Crippen molar-refractivity contribution in [1.82, 2.24) is 0 Å². The minimum atomic E-state index is -1.02. The molecule has 0 spiro atoms. The van der Waals surface area contributed by atoms with Gasteiger partial charge in [0.25, 0.3) is 0 Å². The molecule has 0 rings (SSSR count). The highest BCUT2D eigenvalue weighted by molar-refractivity contribution is 5.88. The van der Waals surface area contributed by atoms with Crippen LogP contribution in [0.5, 0.6) is 0 Å². The Labute approximate surface area is 82.2 Å². The number of hydrogen-bond donors (Lipinski definition) is 2. The molecule has 76 valence electrons. The van der Waals surface area contributed by atoms with Crippen LogP contribution in [-0.2, 0) is 9.59 Å². The van der Waals surface area contributed by atoms with E-state index in [0.29, 0.717) is 0 Å². The van der Waals surface area contributed by atoms with Gasteiger partial charge in [0.1, 0.15) is 0 Å². The molecule has 0 atom stereocenters. The topological polar surface area (TPSA) is 74.6 Å². The lowest BCUT2D eigenvalue weighted by molar-refractivity contribution is -0.132. The fourth-order valence-electron chi connectivity index (χ4n) is 0.238. The lowest BCUT2D eigenvalue weighted by Crippen LogP contribution is -1.93. The first-order chi connectivity index (χ1) is 6.45. The Morgan fingerprint density at radius 3 is 1.71 bits per heavy atom. The lowest BCUT2D eigenvalue weighted by atomic mass is 10.3. The second kappa shape index (κ2) is 8.99. The van der Waals surface area contributed by atoms with E-state index in [1.165, 1.54) is 18.2 Å². The molecule has 0 aliphatic carbocycles. The Balaban J connectivity index is 0. The van der Waals surface area contributed by atoms with Gasteiger partial charge in [-0.05, 0) is 0 Å². The van der Waals surface area contributed by atoms with Gasteiger partial charge in [-0.25, -0.2) is 9.59 Å². The first-order valence-corrected chi connectivity index (χ1v) is 3.52. The van der Waals surface area contributed by atoms with Gasteiger partial charge in [0.2, 0.25) is 0 Å². The number of hydrogen-bond acceptors (Lipinski definition) is 2. The Morgan fingerprint density at radius 1 is 1.14 bits per heavy atom. The predicted octanol–water partition coefficient (Wildman–Crippen LogP) is 1.63. The highest BCUT2D eigenvalue weighted by Crippen LogP contribution is 1.86. The molecular weight excluding hydrogens is 184 g/mol. The van der Waals surface area contributed by atoms with Gasteiger partial charge >= 0.3 is 11.9 Å². The van der Waals surface area contributed by atoms with Crippen molar-refractivity contribution in [2.24, 2.45) is 0 Å². The van der Waals surface area contributed by atoms with Gasteiger partial charge in [-0.15, -0.1) is 0 Å². The maximum Gasteiger partial charge on any atom is 0.335 e. The molecule has 0 aliphatic rings. The number of carboxylic acid groups (broad SMARTS) is 2. The van der Waals surface area contributed by atoms with E-state index in [2.05, 4.69) is 19.7 Å². The van der Waals surface area contributed by atoms with Crippen molar-refractivity contribution in [3.05, 3.63) is 49.6 Å². The molecule has 0 amide bonds. The van der Waals surface area contributed by atoms with E-state index in [9.17, 15) is 9.59 Å². The molecule has 4 heteroatoms. The summed E-state index contributed by atoms with van der Waals surface area (Å²) in [6.07, 6.45) is 4.99. The summed E-state index contributed by atoms with van der Waals surface area (Å²) in [5.74, 6) is -1.96. The average Bonchev–Trinajstić information content (AvgIpc) is 2.14. The quantitative estimate of drug-likeness (QED) is 0.529. The number of carbonyl (C=O) groups is 2. The van der Waals surface area contributed by atoms with Crippen LogP contribution in [0.2, 0.25) is 0 Å². The number of carboxylic acids is 2. The lowest BCUT2D eigenvalue weighted by Gasteiger charge is -1.82. The van der Waals surface area contributed by atoms with E-state index in [-0.39, 0.29) is 5.57 Å². The molecular formula is C10H12O4. The van der Waals surface area contributed by atoms with Crippen LogP contribution in [0.4, 0.5) is 0 Å². The summed E-state index contributed by atoms with van der Waals surface area (Å²) in [5.41, 5.74) is 0.0278. The van der Waals surface area contributed by atoms with E-state index >= 15 is 0 Å². The summed E-state index contributed by atoms with van der Waals surface area (Å²) in [6.45, 7) is 9.64. The zero-order valence-electron chi connectivity index (χ0n) is 7.64. The van der Waals surface area contributed by atoms with E-state index < -0.39 is 11.9 Å². The van der Waals surface area contributed by atoms with Gasteiger partial charge < -0.3 is 10.2 Å². The van der Waals surface area contributed by atoms with E-state index in [1.807, 2.05) is 0 Å². The van der Waals surface area contributed by atoms with Crippen LogP contribution in [-0.4, -0.2) is 22.2 Å². The maximum atomic E-state index is 9.76. The summed E-state index contributed by atoms with van der Waals surface area (Å²) in [5, 5.41) is 15.9. The van der Waals surface area contributed by atoms with Crippen molar-refractivity contribution in [1.29, 1.82) is 0 Å². The molecule has 0 bridgehead atoms. The molecule has 14 heavy (non-hydrogen) atoms. The number of aliphatic carboxylic acids is 2. The van der Waals surface area contributed by atoms with Gasteiger partial charge in [0, 0.05) is 6.08 Å². The molecule has 0 unspecified atom stereocenters. The van der Waals surface area contributed by atoms with E-state index in [0.717, 1.165) is 6.08 Å². The van der Waals surface area contributed by atoms with Crippen molar-refractivity contribution in [3.63, 3.8) is 0 Å². The zero-order valence-corrected chi connectivity index (χ0v) is 7.64. The third-order valence-electron chi connectivity index (χ3n) is 0.896. The molecule has 0 aromatic carbocycles. The second-order valence-electron chi connectivity index (χ2n) is 1.97. The molecule has 0 saturated heterocycles. The maximum absolute atomic E-state index is 9.76. The van der Waals surface area contributed by atoms with Crippen LogP contribution >= 0.6 is 0 Å². The molecule has 0 aromatic rings. The van der Waals surface area contributed by atoms with Crippen molar-refractivity contribution >= 4 is 11.9 Å². The first-order valence-electron chi connectivity index (χ1n) is 3.52. The van der Waals surface area contributed by atoms with E-state index in [1.54, 1.807) is 0 Å². The van der Waals surface area contributed by atoms with Crippen molar-refractivity contribution < 1.29 is 19.8 Å². The Hall–Kier alpha value is -2.10. The minimum Gasteiger partial charge on any atom is -0.478 e. The van der Waals surface area contributed by atoms with Crippen LogP contribution in [0, 0.1) is 0 Å². The third kappa shape index (κ3) is 12.6. The third-order valence-corrected chi connectivity index (χ3v) is 0.896. The largest absolute Gasteiger partial charge is 0.478 e. The Kier molecular flexibility index (Phi) is 9.27. The molecule has 0 saturated carbocycles. The highest BCUT2D eigenvalue weighted by atomic mass is 16.4. The highest BCUT2D eigenvalue weighted by Gasteiger charge is 1.93.